The number of ether oxygens (including phenoxy) is 2. The topological polar surface area (TPSA) is 71.9 Å². The van der Waals surface area contributed by atoms with Crippen LogP contribution in [0.3, 0.4) is 0 Å². The molecule has 3 aromatic rings. The number of piperidine rings is 1. The molecular weight excluding hydrogens is 488 g/mol. The second kappa shape index (κ2) is 12.2. The van der Waals surface area contributed by atoms with E-state index in [1.54, 1.807) is 14.0 Å². The predicted molar refractivity (Wildman–Crippen MR) is 153 cm³/mol. The maximum atomic E-state index is 11.4. The van der Waals surface area contributed by atoms with Gasteiger partial charge in [-0.2, -0.15) is 0 Å². The number of aliphatic carboxylic acids is 1. The first-order valence-electron chi connectivity index (χ1n) is 14.3. The second-order valence-electron chi connectivity index (χ2n) is 11.1. The van der Waals surface area contributed by atoms with Crippen LogP contribution in [0, 0.1) is 5.92 Å². The number of aryl methyl sites for hydroxylation is 1. The summed E-state index contributed by atoms with van der Waals surface area (Å²) in [4.78, 5) is 18.3. The fourth-order valence-corrected chi connectivity index (χ4v) is 6.08. The molecule has 0 radical (unpaired) electrons. The smallest absolute Gasteiger partial charge is 0.306 e. The second-order valence-corrected chi connectivity index (χ2v) is 11.1. The van der Waals surface area contributed by atoms with Crippen LogP contribution in [0.5, 0.6) is 11.6 Å². The lowest BCUT2D eigenvalue weighted by molar-refractivity contribution is -0.141. The number of rotatable bonds is 9. The SMILES string of the molecule is CCC1CCCCN1Cc1cc([C@@H]2CCc3ccc(CC(C)C(=O)O)cc3O2)ccc1-c1ccnc(OC)c1. The standard InChI is InChI=1S/C33H40N2O4/c1-4-28-7-5-6-16-35(28)21-27-19-26(10-12-29(27)25-14-15-34-32(20-25)38-3)30-13-11-24-9-8-23(18-31(24)39-30)17-22(2)33(36)37/h8-10,12,14-15,18-20,22,28,30H,4-7,11,13,16-17,21H2,1-3H3,(H,36,37)/t22?,28?,30-/m0/s1. The molecule has 0 saturated carbocycles. The molecule has 2 aliphatic heterocycles. The first-order chi connectivity index (χ1) is 18.9. The van der Waals surface area contributed by atoms with Gasteiger partial charge in [0.1, 0.15) is 11.9 Å². The zero-order valence-corrected chi connectivity index (χ0v) is 23.4. The molecule has 6 nitrogen and oxygen atoms in total. The largest absolute Gasteiger partial charge is 0.485 e. The molecule has 206 valence electrons. The molecule has 0 aliphatic carbocycles. The molecule has 6 heteroatoms. The summed E-state index contributed by atoms with van der Waals surface area (Å²) >= 11 is 0. The Morgan fingerprint density at radius 1 is 1.15 bits per heavy atom. The van der Waals surface area contributed by atoms with E-state index in [2.05, 4.69) is 47.1 Å². The predicted octanol–water partition coefficient (Wildman–Crippen LogP) is 6.85. The summed E-state index contributed by atoms with van der Waals surface area (Å²) in [7, 11) is 1.65. The zero-order valence-electron chi connectivity index (χ0n) is 23.4. The minimum Gasteiger partial charge on any atom is -0.485 e. The molecular formula is C33H40N2O4. The van der Waals surface area contributed by atoms with E-state index in [0.717, 1.165) is 42.8 Å². The highest BCUT2D eigenvalue weighted by Crippen LogP contribution is 2.38. The van der Waals surface area contributed by atoms with Crippen molar-refractivity contribution in [3.05, 3.63) is 77.0 Å². The van der Waals surface area contributed by atoms with Crippen LogP contribution in [-0.2, 0) is 24.2 Å². The molecule has 1 N–H and O–H groups in total. The first kappa shape index (κ1) is 27.2. The van der Waals surface area contributed by atoms with Crippen LogP contribution in [0.15, 0.2) is 54.7 Å². The van der Waals surface area contributed by atoms with Gasteiger partial charge in [0.15, 0.2) is 0 Å². The molecule has 1 fully saturated rings. The van der Waals surface area contributed by atoms with E-state index in [9.17, 15) is 9.90 Å². The Bertz CT molecular complexity index is 1310. The maximum absolute atomic E-state index is 11.4. The normalized spacial score (nSPS) is 20.1. The fraction of sp³-hybridized carbons (Fsp3) is 0.455. The van der Waals surface area contributed by atoms with E-state index in [1.165, 1.54) is 47.9 Å². The van der Waals surface area contributed by atoms with E-state index in [0.29, 0.717) is 18.3 Å². The molecule has 1 saturated heterocycles. The van der Waals surface area contributed by atoms with Crippen LogP contribution in [0.25, 0.3) is 11.1 Å². The molecule has 2 unspecified atom stereocenters. The third kappa shape index (κ3) is 6.27. The number of carbonyl (C=O) groups is 1. The van der Waals surface area contributed by atoms with Gasteiger partial charge in [0.2, 0.25) is 5.88 Å². The lowest BCUT2D eigenvalue weighted by Crippen LogP contribution is -2.38. The number of hydrogen-bond acceptors (Lipinski definition) is 5. The summed E-state index contributed by atoms with van der Waals surface area (Å²) in [6, 6.07) is 17.6. The third-order valence-corrected chi connectivity index (χ3v) is 8.39. The minimum absolute atomic E-state index is 0.0345. The fourth-order valence-electron chi connectivity index (χ4n) is 6.08. The summed E-state index contributed by atoms with van der Waals surface area (Å²) < 4.78 is 12.0. The van der Waals surface area contributed by atoms with Crippen molar-refractivity contribution in [2.24, 2.45) is 5.92 Å². The van der Waals surface area contributed by atoms with Crippen LogP contribution in [-0.4, -0.2) is 40.7 Å². The quantitative estimate of drug-likeness (QED) is 0.327. The molecule has 5 rings (SSSR count). The highest BCUT2D eigenvalue weighted by molar-refractivity contribution is 5.70. The number of carboxylic acids is 1. The Balaban J connectivity index is 1.45. The molecule has 1 aromatic heterocycles. The number of aromatic nitrogens is 1. The Morgan fingerprint density at radius 2 is 2.03 bits per heavy atom. The molecule has 0 spiro atoms. The highest BCUT2D eigenvalue weighted by Gasteiger charge is 2.26. The number of likely N-dealkylation sites (tertiary alicyclic amines) is 1. The number of methoxy groups -OCH3 is 1. The summed E-state index contributed by atoms with van der Waals surface area (Å²) in [6.45, 7) is 6.09. The van der Waals surface area contributed by atoms with Crippen molar-refractivity contribution in [1.82, 2.24) is 9.88 Å². The number of nitrogens with zero attached hydrogens (tertiary/aromatic N) is 2. The van der Waals surface area contributed by atoms with Crippen molar-refractivity contribution in [3.8, 4) is 22.8 Å². The van der Waals surface area contributed by atoms with Gasteiger partial charge in [-0.15, -0.1) is 0 Å². The van der Waals surface area contributed by atoms with Crippen LogP contribution in [0.2, 0.25) is 0 Å². The van der Waals surface area contributed by atoms with Crippen LogP contribution >= 0.6 is 0 Å². The van der Waals surface area contributed by atoms with Crippen LogP contribution in [0.1, 0.15) is 74.3 Å². The molecule has 39 heavy (non-hydrogen) atoms. The highest BCUT2D eigenvalue weighted by atomic mass is 16.5. The lowest BCUT2D eigenvalue weighted by Gasteiger charge is -2.36. The Morgan fingerprint density at radius 3 is 2.82 bits per heavy atom. The van der Waals surface area contributed by atoms with Crippen molar-refractivity contribution in [2.45, 2.75) is 77.5 Å². The average Bonchev–Trinajstić information content (AvgIpc) is 2.97. The van der Waals surface area contributed by atoms with Gasteiger partial charge < -0.3 is 14.6 Å². The average molecular weight is 529 g/mol. The number of hydrogen-bond donors (Lipinski definition) is 1. The van der Waals surface area contributed by atoms with Gasteiger partial charge in [0.25, 0.3) is 0 Å². The van der Waals surface area contributed by atoms with Gasteiger partial charge in [-0.25, -0.2) is 4.98 Å². The van der Waals surface area contributed by atoms with Gasteiger partial charge in [0.05, 0.1) is 13.0 Å². The number of carboxylic acid groups (broad SMARTS) is 1. The Hall–Kier alpha value is -3.38. The van der Waals surface area contributed by atoms with Crippen molar-refractivity contribution in [3.63, 3.8) is 0 Å². The van der Waals surface area contributed by atoms with Gasteiger partial charge in [-0.1, -0.05) is 50.6 Å². The van der Waals surface area contributed by atoms with E-state index in [-0.39, 0.29) is 6.10 Å². The number of fused-ring (bicyclic) bond motifs is 1. The molecule has 0 amide bonds. The number of pyridine rings is 1. The third-order valence-electron chi connectivity index (χ3n) is 8.39. The van der Waals surface area contributed by atoms with Crippen molar-refractivity contribution >= 4 is 5.97 Å². The molecule has 3 atom stereocenters. The van der Waals surface area contributed by atoms with E-state index in [4.69, 9.17) is 9.47 Å². The molecule has 3 heterocycles. The van der Waals surface area contributed by atoms with Crippen LogP contribution < -0.4 is 9.47 Å². The molecule has 0 bridgehead atoms. The van der Waals surface area contributed by atoms with Gasteiger partial charge in [-0.3, -0.25) is 9.69 Å². The summed E-state index contributed by atoms with van der Waals surface area (Å²) in [5.41, 5.74) is 7.01. The summed E-state index contributed by atoms with van der Waals surface area (Å²) in [5.74, 6) is 0.302. The zero-order chi connectivity index (χ0) is 27.4. The van der Waals surface area contributed by atoms with Crippen molar-refractivity contribution < 1.29 is 19.4 Å². The van der Waals surface area contributed by atoms with E-state index >= 15 is 0 Å². The first-order valence-corrected chi connectivity index (χ1v) is 14.3. The molecule has 2 aliphatic rings. The van der Waals surface area contributed by atoms with Crippen molar-refractivity contribution in [1.29, 1.82) is 0 Å². The minimum atomic E-state index is -0.773. The van der Waals surface area contributed by atoms with E-state index in [1.807, 2.05) is 24.4 Å². The maximum Gasteiger partial charge on any atom is 0.306 e. The van der Waals surface area contributed by atoms with Gasteiger partial charge in [0, 0.05) is 24.8 Å². The van der Waals surface area contributed by atoms with Gasteiger partial charge in [-0.05, 0) is 90.6 Å². The Kier molecular flexibility index (Phi) is 8.51. The van der Waals surface area contributed by atoms with Gasteiger partial charge >= 0.3 is 5.97 Å². The van der Waals surface area contributed by atoms with E-state index < -0.39 is 11.9 Å². The number of benzene rings is 2. The van der Waals surface area contributed by atoms with Crippen molar-refractivity contribution in [2.75, 3.05) is 13.7 Å². The lowest BCUT2D eigenvalue weighted by atomic mass is 9.91. The monoisotopic (exact) mass is 528 g/mol. The molecule has 2 aromatic carbocycles. The van der Waals surface area contributed by atoms with Crippen LogP contribution in [0.4, 0.5) is 0 Å². The summed E-state index contributed by atoms with van der Waals surface area (Å²) in [6.07, 6.45) is 9.13. The summed E-state index contributed by atoms with van der Waals surface area (Å²) in [5, 5.41) is 9.34. The Labute approximate surface area is 232 Å².